The van der Waals surface area contributed by atoms with E-state index in [0.717, 1.165) is 5.52 Å². The molecule has 2 aromatic rings. The third-order valence-electron chi connectivity index (χ3n) is 2.92. The van der Waals surface area contributed by atoms with Gasteiger partial charge in [-0.1, -0.05) is 39.0 Å². The number of benzene rings is 1. The lowest BCUT2D eigenvalue weighted by Crippen LogP contribution is -2.30. The van der Waals surface area contributed by atoms with Crippen molar-refractivity contribution in [2.24, 2.45) is 0 Å². The first kappa shape index (κ1) is 12.2. The highest BCUT2D eigenvalue weighted by Crippen LogP contribution is 2.33. The average molecular weight is 230 g/mol. The van der Waals surface area contributed by atoms with Crippen LogP contribution in [0.4, 0.5) is 0 Å². The highest BCUT2D eigenvalue weighted by atomic mass is 15.3. The van der Waals surface area contributed by atoms with Crippen LogP contribution in [-0.4, -0.2) is 9.78 Å². The minimum absolute atomic E-state index is 0.0155. The molecule has 0 fully saturated rings. The van der Waals surface area contributed by atoms with Gasteiger partial charge in [-0.15, -0.1) is 0 Å². The molecule has 0 radical (unpaired) electrons. The zero-order valence-electron chi connectivity index (χ0n) is 11.7. The Labute approximate surface area is 104 Å². The first-order valence-electron chi connectivity index (χ1n) is 6.20. The molecule has 0 N–H and O–H groups in total. The van der Waals surface area contributed by atoms with Crippen molar-refractivity contribution >= 4 is 10.9 Å². The van der Waals surface area contributed by atoms with Crippen LogP contribution in [-0.2, 0) is 11.0 Å². The summed E-state index contributed by atoms with van der Waals surface area (Å²) in [6.45, 7) is 13.4. The van der Waals surface area contributed by atoms with Crippen molar-refractivity contribution in [3.63, 3.8) is 0 Å². The summed E-state index contributed by atoms with van der Waals surface area (Å²) in [6, 6.07) is 8.40. The molecule has 0 spiro atoms. The largest absolute Gasteiger partial charge is 0.263 e. The van der Waals surface area contributed by atoms with E-state index < -0.39 is 0 Å². The molecule has 0 bridgehead atoms. The van der Waals surface area contributed by atoms with Gasteiger partial charge in [-0.05, 0) is 26.8 Å². The predicted molar refractivity (Wildman–Crippen MR) is 73.4 cm³/mol. The van der Waals surface area contributed by atoms with Gasteiger partial charge >= 0.3 is 0 Å². The van der Waals surface area contributed by atoms with Gasteiger partial charge in [0, 0.05) is 10.8 Å². The lowest BCUT2D eigenvalue weighted by atomic mass is 9.88. The van der Waals surface area contributed by atoms with E-state index in [0.29, 0.717) is 0 Å². The first-order valence-corrected chi connectivity index (χ1v) is 6.20. The molecule has 0 saturated carbocycles. The highest BCUT2D eigenvalue weighted by molar-refractivity contribution is 5.82. The molecule has 1 aromatic heterocycles. The summed E-state index contributed by atoms with van der Waals surface area (Å²) in [5.74, 6) is 0. The van der Waals surface area contributed by atoms with E-state index in [1.54, 1.807) is 0 Å². The topological polar surface area (TPSA) is 17.8 Å². The van der Waals surface area contributed by atoms with E-state index >= 15 is 0 Å². The summed E-state index contributed by atoms with van der Waals surface area (Å²) < 4.78 is 2.18. The van der Waals surface area contributed by atoms with E-state index in [4.69, 9.17) is 5.10 Å². The fourth-order valence-electron chi connectivity index (χ4n) is 2.24. The fraction of sp³-hybridized carbons (Fsp3) is 0.533. The van der Waals surface area contributed by atoms with E-state index in [-0.39, 0.29) is 11.0 Å². The Bertz CT molecular complexity index is 536. The molecule has 1 heterocycles. The monoisotopic (exact) mass is 230 g/mol. The van der Waals surface area contributed by atoms with Crippen molar-refractivity contribution in [3.05, 3.63) is 30.0 Å². The standard InChI is InChI=1S/C15H22N2/c1-14(2,3)13-11-9-7-8-10-12(11)16-17(13)15(4,5)6/h7-10H,1-6H3. The molecule has 17 heavy (non-hydrogen) atoms. The molecule has 0 aliphatic rings. The van der Waals surface area contributed by atoms with E-state index in [1.807, 2.05) is 0 Å². The first-order chi connectivity index (χ1) is 7.71. The van der Waals surface area contributed by atoms with E-state index in [9.17, 15) is 0 Å². The number of rotatable bonds is 0. The second-order valence-corrected chi connectivity index (χ2v) is 6.70. The summed E-state index contributed by atoms with van der Waals surface area (Å²) >= 11 is 0. The van der Waals surface area contributed by atoms with Crippen LogP contribution in [0.3, 0.4) is 0 Å². The Kier molecular flexibility index (Phi) is 2.57. The van der Waals surface area contributed by atoms with Gasteiger partial charge in [0.1, 0.15) is 0 Å². The predicted octanol–water partition coefficient (Wildman–Crippen LogP) is 4.09. The minimum atomic E-state index is 0.0155. The highest BCUT2D eigenvalue weighted by Gasteiger charge is 2.28. The van der Waals surface area contributed by atoms with Crippen LogP contribution in [0.5, 0.6) is 0 Å². The maximum absolute atomic E-state index is 4.77. The maximum atomic E-state index is 4.77. The summed E-state index contributed by atoms with van der Waals surface area (Å²) in [6.07, 6.45) is 0. The molecule has 0 amide bonds. The molecule has 2 rings (SSSR count). The second-order valence-electron chi connectivity index (χ2n) is 6.70. The van der Waals surface area contributed by atoms with Crippen molar-refractivity contribution in [3.8, 4) is 0 Å². The lowest BCUT2D eigenvalue weighted by molar-refractivity contribution is 0.325. The van der Waals surface area contributed by atoms with Crippen LogP contribution in [0.25, 0.3) is 10.9 Å². The van der Waals surface area contributed by atoms with Crippen LogP contribution in [0.2, 0.25) is 0 Å². The van der Waals surface area contributed by atoms with E-state index in [2.05, 4.69) is 70.5 Å². The van der Waals surface area contributed by atoms with Gasteiger partial charge in [-0.3, -0.25) is 4.68 Å². The molecular formula is C15H22N2. The van der Waals surface area contributed by atoms with Crippen molar-refractivity contribution < 1.29 is 0 Å². The van der Waals surface area contributed by atoms with Crippen molar-refractivity contribution in [2.45, 2.75) is 52.5 Å². The van der Waals surface area contributed by atoms with E-state index in [1.165, 1.54) is 11.1 Å². The number of hydrogen-bond acceptors (Lipinski definition) is 1. The van der Waals surface area contributed by atoms with Crippen LogP contribution in [0.15, 0.2) is 24.3 Å². The van der Waals surface area contributed by atoms with Gasteiger partial charge in [0.05, 0.1) is 16.7 Å². The van der Waals surface area contributed by atoms with Crippen molar-refractivity contribution in [1.29, 1.82) is 0 Å². The molecule has 2 nitrogen and oxygen atoms in total. The SMILES string of the molecule is CC(C)(C)c1c2ccccc2nn1C(C)(C)C. The molecule has 0 unspecified atom stereocenters. The lowest BCUT2D eigenvalue weighted by Gasteiger charge is -2.28. The zero-order valence-corrected chi connectivity index (χ0v) is 11.7. The number of fused-ring (bicyclic) bond motifs is 1. The van der Waals surface area contributed by atoms with Gasteiger partial charge in [0.15, 0.2) is 0 Å². The molecular weight excluding hydrogens is 208 g/mol. The fourth-order valence-corrected chi connectivity index (χ4v) is 2.24. The number of hydrogen-bond donors (Lipinski definition) is 0. The van der Waals surface area contributed by atoms with Crippen LogP contribution in [0, 0.1) is 0 Å². The number of aromatic nitrogens is 2. The number of nitrogens with zero attached hydrogens (tertiary/aromatic N) is 2. The van der Waals surface area contributed by atoms with Crippen LogP contribution < -0.4 is 0 Å². The van der Waals surface area contributed by atoms with Gasteiger partial charge in [-0.2, -0.15) is 5.10 Å². The summed E-state index contributed by atoms with van der Waals surface area (Å²) in [7, 11) is 0. The molecule has 0 aliphatic heterocycles. The second kappa shape index (κ2) is 3.59. The van der Waals surface area contributed by atoms with Gasteiger partial charge < -0.3 is 0 Å². The van der Waals surface area contributed by atoms with Gasteiger partial charge in [0.25, 0.3) is 0 Å². The van der Waals surface area contributed by atoms with Crippen molar-refractivity contribution in [1.82, 2.24) is 9.78 Å². The third kappa shape index (κ3) is 2.08. The van der Waals surface area contributed by atoms with Crippen LogP contribution >= 0.6 is 0 Å². The third-order valence-corrected chi connectivity index (χ3v) is 2.92. The molecule has 0 saturated heterocycles. The Morgan fingerprint density at radius 1 is 0.941 bits per heavy atom. The van der Waals surface area contributed by atoms with Crippen LogP contribution in [0.1, 0.15) is 47.2 Å². The normalized spacial score (nSPS) is 13.3. The molecule has 1 aromatic carbocycles. The minimum Gasteiger partial charge on any atom is -0.263 e. The van der Waals surface area contributed by atoms with Gasteiger partial charge in [0.2, 0.25) is 0 Å². The quantitative estimate of drug-likeness (QED) is 0.666. The maximum Gasteiger partial charge on any atom is 0.0926 e. The zero-order chi connectivity index (χ0) is 12.8. The molecule has 92 valence electrons. The summed E-state index contributed by atoms with van der Waals surface area (Å²) in [5, 5.41) is 6.04. The summed E-state index contributed by atoms with van der Waals surface area (Å²) in [4.78, 5) is 0. The van der Waals surface area contributed by atoms with Gasteiger partial charge in [-0.25, -0.2) is 0 Å². The summed E-state index contributed by atoms with van der Waals surface area (Å²) in [5.41, 5.74) is 2.53. The molecule has 2 heteroatoms. The smallest absolute Gasteiger partial charge is 0.0926 e. The Morgan fingerprint density at radius 3 is 2.06 bits per heavy atom. The Balaban J connectivity index is 2.84. The Hall–Kier alpha value is -1.31. The average Bonchev–Trinajstić information content (AvgIpc) is 2.54. The Morgan fingerprint density at radius 2 is 1.53 bits per heavy atom. The van der Waals surface area contributed by atoms with Crippen molar-refractivity contribution in [2.75, 3.05) is 0 Å². The molecule has 0 aliphatic carbocycles. The molecule has 0 atom stereocenters.